The number of aliphatic imine (C=N–C) groups is 1. The summed E-state index contributed by atoms with van der Waals surface area (Å²) >= 11 is 6.72. The molecule has 8 nitrogen and oxygen atoms in total. The minimum Gasteiger partial charge on any atom is -0.404 e. The van der Waals surface area contributed by atoms with Gasteiger partial charge in [0.15, 0.2) is 0 Å². The maximum Gasteiger partial charge on any atom is 0.144 e. The van der Waals surface area contributed by atoms with E-state index >= 15 is 0 Å². The van der Waals surface area contributed by atoms with Gasteiger partial charge in [-0.15, -0.1) is 0 Å². The first kappa shape index (κ1) is 26.2. The number of nitrogens with one attached hydrogen (secondary N) is 1. The van der Waals surface area contributed by atoms with Crippen molar-refractivity contribution >= 4 is 34.7 Å². The quantitative estimate of drug-likeness (QED) is 0.276. The molecule has 0 radical (unpaired) electrons. The van der Waals surface area contributed by atoms with Crippen LogP contribution in [0, 0.1) is 5.92 Å². The molecule has 2 aromatic rings. The second-order valence-corrected chi connectivity index (χ2v) is 8.45. The monoisotopic (exact) mass is 470 g/mol. The smallest absolute Gasteiger partial charge is 0.144 e. The second-order valence-electron chi connectivity index (χ2n) is 8.07. The van der Waals surface area contributed by atoms with Gasteiger partial charge in [0.25, 0.3) is 0 Å². The van der Waals surface area contributed by atoms with E-state index in [1.54, 1.807) is 18.4 Å². The van der Waals surface area contributed by atoms with Crippen molar-refractivity contribution in [1.29, 1.82) is 0 Å². The highest BCUT2D eigenvalue weighted by Gasteiger charge is 2.21. The number of nitrogens with two attached hydrogens (primary N) is 3. The standard InChI is InChI=1S/C24H35ClN8/c1-6-9-29-19(16(5)28)11-17(13-27)12-20-31-23-21(22(25)18(7-2)30-23)24(32-20)33(10-8-26)14-15(3)4/h6,9,11,13,15H,1,5,7-8,10,12,14,26-28H2,2-4H3,(H,30,31,32)/b17-13+,19-11+,29-9?. The van der Waals surface area contributed by atoms with E-state index in [4.69, 9.17) is 38.8 Å². The van der Waals surface area contributed by atoms with Gasteiger partial charge in [-0.3, -0.25) is 4.99 Å². The highest BCUT2D eigenvalue weighted by molar-refractivity contribution is 6.37. The third-order valence-electron chi connectivity index (χ3n) is 4.87. The van der Waals surface area contributed by atoms with Gasteiger partial charge >= 0.3 is 0 Å². The molecule has 0 saturated carbocycles. The molecule has 0 aliphatic rings. The first-order chi connectivity index (χ1) is 15.7. The molecule has 2 rings (SSSR count). The Balaban J connectivity index is 2.61. The van der Waals surface area contributed by atoms with Gasteiger partial charge in [0.2, 0.25) is 0 Å². The number of hydrogen-bond acceptors (Lipinski definition) is 7. The number of allylic oxidation sites excluding steroid dienone is 3. The number of aromatic nitrogens is 3. The Morgan fingerprint density at radius 2 is 2.06 bits per heavy atom. The lowest BCUT2D eigenvalue weighted by Crippen LogP contribution is -2.33. The molecule has 2 heterocycles. The van der Waals surface area contributed by atoms with Gasteiger partial charge < -0.3 is 27.1 Å². The summed E-state index contributed by atoms with van der Waals surface area (Å²) in [5.41, 5.74) is 20.9. The normalized spacial score (nSPS) is 12.8. The fourth-order valence-corrected chi connectivity index (χ4v) is 3.78. The molecular formula is C24H35ClN8. The summed E-state index contributed by atoms with van der Waals surface area (Å²) in [4.78, 5) is 19.4. The van der Waals surface area contributed by atoms with Gasteiger partial charge in [-0.05, 0) is 30.2 Å². The Kier molecular flexibility index (Phi) is 9.69. The number of H-pyrrole nitrogens is 1. The number of anilines is 1. The SMILES string of the molecule is C=CC=N/C(=C/C(=C\N)Cc1nc(N(CCN)CC(C)C)c2c(Cl)c(CC)[nH]c2n1)C(=C)N. The van der Waals surface area contributed by atoms with E-state index in [1.807, 2.05) is 6.92 Å². The largest absolute Gasteiger partial charge is 0.404 e. The summed E-state index contributed by atoms with van der Waals surface area (Å²) in [5.74, 6) is 1.77. The zero-order chi connectivity index (χ0) is 24.5. The van der Waals surface area contributed by atoms with Crippen LogP contribution in [-0.4, -0.2) is 40.8 Å². The number of rotatable bonds is 12. The van der Waals surface area contributed by atoms with E-state index in [0.29, 0.717) is 53.3 Å². The van der Waals surface area contributed by atoms with Crippen molar-refractivity contribution in [2.75, 3.05) is 24.5 Å². The highest BCUT2D eigenvalue weighted by Crippen LogP contribution is 2.34. The Morgan fingerprint density at radius 1 is 1.33 bits per heavy atom. The lowest BCUT2D eigenvalue weighted by atomic mass is 10.1. The molecule has 0 atom stereocenters. The second kappa shape index (κ2) is 12.2. The molecule has 9 heteroatoms. The fourth-order valence-electron chi connectivity index (χ4n) is 3.43. The lowest BCUT2D eigenvalue weighted by molar-refractivity contribution is 0.607. The molecule has 0 fully saturated rings. The first-order valence-corrected chi connectivity index (χ1v) is 11.4. The van der Waals surface area contributed by atoms with E-state index in [2.05, 4.69) is 41.9 Å². The third-order valence-corrected chi connectivity index (χ3v) is 5.29. The number of aromatic amines is 1. The number of halogens is 1. The summed E-state index contributed by atoms with van der Waals surface area (Å²) in [6.07, 6.45) is 7.49. The molecular weight excluding hydrogens is 436 g/mol. The highest BCUT2D eigenvalue weighted by atomic mass is 35.5. The van der Waals surface area contributed by atoms with Crippen LogP contribution in [-0.2, 0) is 12.8 Å². The van der Waals surface area contributed by atoms with Crippen molar-refractivity contribution < 1.29 is 0 Å². The van der Waals surface area contributed by atoms with Crippen molar-refractivity contribution in [1.82, 2.24) is 15.0 Å². The number of fused-ring (bicyclic) bond motifs is 1. The van der Waals surface area contributed by atoms with Gasteiger partial charge in [0.1, 0.15) is 17.3 Å². The molecule has 33 heavy (non-hydrogen) atoms. The van der Waals surface area contributed by atoms with E-state index in [-0.39, 0.29) is 0 Å². The molecule has 0 unspecified atom stereocenters. The molecule has 178 valence electrons. The average Bonchev–Trinajstić information content (AvgIpc) is 3.09. The first-order valence-electron chi connectivity index (χ1n) is 11.0. The summed E-state index contributed by atoms with van der Waals surface area (Å²) in [6, 6.07) is 0. The summed E-state index contributed by atoms with van der Waals surface area (Å²) in [6.45, 7) is 15.7. The molecule has 0 bridgehead atoms. The van der Waals surface area contributed by atoms with E-state index in [1.165, 1.54) is 6.20 Å². The van der Waals surface area contributed by atoms with Gasteiger partial charge in [-0.25, -0.2) is 9.97 Å². The topological polar surface area (TPSA) is 135 Å². The summed E-state index contributed by atoms with van der Waals surface area (Å²) < 4.78 is 0. The van der Waals surface area contributed by atoms with Crippen molar-refractivity contribution in [3.8, 4) is 0 Å². The van der Waals surface area contributed by atoms with Crippen LogP contribution in [0.25, 0.3) is 11.0 Å². The average molecular weight is 471 g/mol. The van der Waals surface area contributed by atoms with Crippen LogP contribution in [0.2, 0.25) is 5.02 Å². The maximum atomic E-state index is 6.72. The summed E-state index contributed by atoms with van der Waals surface area (Å²) in [5, 5.41) is 1.46. The van der Waals surface area contributed by atoms with Crippen molar-refractivity contribution in [3.63, 3.8) is 0 Å². The Labute approximate surface area is 201 Å². The maximum absolute atomic E-state index is 6.72. The van der Waals surface area contributed by atoms with Crippen LogP contribution in [0.3, 0.4) is 0 Å². The van der Waals surface area contributed by atoms with Gasteiger partial charge in [-0.1, -0.05) is 51.6 Å². The van der Waals surface area contributed by atoms with Gasteiger partial charge in [0, 0.05) is 38.0 Å². The molecule has 7 N–H and O–H groups in total. The molecule has 0 amide bonds. The van der Waals surface area contributed by atoms with Gasteiger partial charge in [-0.2, -0.15) is 0 Å². The van der Waals surface area contributed by atoms with E-state index in [0.717, 1.165) is 35.4 Å². The molecule has 0 aromatic carbocycles. The molecule has 0 aliphatic carbocycles. The van der Waals surface area contributed by atoms with Crippen molar-refractivity contribution in [3.05, 3.63) is 65.0 Å². The van der Waals surface area contributed by atoms with Crippen LogP contribution in [0.1, 0.15) is 32.3 Å². The number of nitrogens with zero attached hydrogens (tertiary/aromatic N) is 4. The minimum atomic E-state index is 0.319. The van der Waals surface area contributed by atoms with Crippen LogP contribution in [0.15, 0.2) is 53.5 Å². The summed E-state index contributed by atoms with van der Waals surface area (Å²) in [7, 11) is 0. The van der Waals surface area contributed by atoms with Gasteiger partial charge in [0.05, 0.1) is 21.8 Å². The lowest BCUT2D eigenvalue weighted by Gasteiger charge is -2.26. The number of hydrogen-bond donors (Lipinski definition) is 4. The van der Waals surface area contributed by atoms with E-state index in [9.17, 15) is 0 Å². The minimum absolute atomic E-state index is 0.319. The van der Waals surface area contributed by atoms with Crippen LogP contribution < -0.4 is 22.1 Å². The third kappa shape index (κ3) is 6.69. The Hall–Kier alpha value is -3.10. The van der Waals surface area contributed by atoms with Crippen LogP contribution >= 0.6 is 11.6 Å². The predicted octanol–water partition coefficient (Wildman–Crippen LogP) is 3.59. The molecule has 2 aromatic heterocycles. The fraction of sp³-hybridized carbons (Fsp3) is 0.375. The van der Waals surface area contributed by atoms with Crippen LogP contribution in [0.4, 0.5) is 5.82 Å². The zero-order valence-corrected chi connectivity index (χ0v) is 20.5. The number of aryl methyl sites for hydroxylation is 1. The predicted molar refractivity (Wildman–Crippen MR) is 140 cm³/mol. The zero-order valence-electron chi connectivity index (χ0n) is 19.7. The van der Waals surface area contributed by atoms with Crippen molar-refractivity contribution in [2.45, 2.75) is 33.6 Å². The Bertz CT molecular complexity index is 1080. The molecule has 0 saturated heterocycles. The molecule has 0 spiro atoms. The van der Waals surface area contributed by atoms with E-state index < -0.39 is 0 Å². The molecule has 0 aliphatic heterocycles. The Morgan fingerprint density at radius 3 is 2.61 bits per heavy atom. The van der Waals surface area contributed by atoms with Crippen molar-refractivity contribution in [2.24, 2.45) is 28.1 Å². The van der Waals surface area contributed by atoms with Crippen LogP contribution in [0.5, 0.6) is 0 Å².